The van der Waals surface area contributed by atoms with Crippen LogP contribution in [0.3, 0.4) is 0 Å². The van der Waals surface area contributed by atoms with Gasteiger partial charge in [-0.25, -0.2) is 9.18 Å². The number of anilines is 1. The number of methoxy groups -OCH3 is 2. The quantitative estimate of drug-likeness (QED) is 0.782. The molecule has 0 N–H and O–H groups in total. The van der Waals surface area contributed by atoms with Gasteiger partial charge in [-0.05, 0) is 35.9 Å². The molecule has 2 aromatic rings. The second-order valence-corrected chi connectivity index (χ2v) is 6.43. The van der Waals surface area contributed by atoms with Gasteiger partial charge in [0.2, 0.25) is 5.91 Å². The molecule has 0 radical (unpaired) electrons. The van der Waals surface area contributed by atoms with Crippen LogP contribution >= 0.6 is 11.8 Å². The lowest BCUT2D eigenvalue weighted by molar-refractivity contribution is -0.115. The van der Waals surface area contributed by atoms with Crippen molar-refractivity contribution in [1.29, 1.82) is 0 Å². The van der Waals surface area contributed by atoms with E-state index in [0.717, 1.165) is 5.56 Å². The molecule has 1 unspecified atom stereocenters. The maximum Gasteiger partial charge on any atom is 0.337 e. The lowest BCUT2D eigenvalue weighted by Crippen LogP contribution is -2.28. The van der Waals surface area contributed by atoms with Crippen molar-refractivity contribution in [3.05, 3.63) is 59.4 Å². The Morgan fingerprint density at radius 3 is 2.56 bits per heavy atom. The Labute approximate surface area is 148 Å². The minimum atomic E-state index is -0.484. The molecule has 3 rings (SSSR count). The highest BCUT2D eigenvalue weighted by molar-refractivity contribution is 8.00. The predicted molar refractivity (Wildman–Crippen MR) is 93.4 cm³/mol. The van der Waals surface area contributed by atoms with E-state index in [-0.39, 0.29) is 17.1 Å². The van der Waals surface area contributed by atoms with Gasteiger partial charge in [0, 0.05) is 0 Å². The van der Waals surface area contributed by atoms with Gasteiger partial charge >= 0.3 is 5.97 Å². The van der Waals surface area contributed by atoms with Gasteiger partial charge in [0.1, 0.15) is 16.9 Å². The molecule has 25 heavy (non-hydrogen) atoms. The van der Waals surface area contributed by atoms with Crippen LogP contribution in [-0.2, 0) is 9.53 Å². The van der Waals surface area contributed by atoms with Crippen LogP contribution in [0.15, 0.2) is 42.5 Å². The first kappa shape index (κ1) is 17.3. The largest absolute Gasteiger partial charge is 0.495 e. The Morgan fingerprint density at radius 2 is 1.92 bits per heavy atom. The molecule has 1 amide bonds. The monoisotopic (exact) mass is 361 g/mol. The molecule has 130 valence electrons. The average Bonchev–Trinajstić information content (AvgIpc) is 3.02. The second kappa shape index (κ2) is 7.14. The number of esters is 1. The van der Waals surface area contributed by atoms with Crippen molar-refractivity contribution in [3.8, 4) is 5.75 Å². The third-order valence-electron chi connectivity index (χ3n) is 3.88. The van der Waals surface area contributed by atoms with Crippen molar-refractivity contribution >= 4 is 29.3 Å². The van der Waals surface area contributed by atoms with E-state index in [1.165, 1.54) is 38.1 Å². The number of benzene rings is 2. The number of carbonyl (C=O) groups excluding carboxylic acids is 2. The van der Waals surface area contributed by atoms with Crippen LogP contribution < -0.4 is 9.64 Å². The van der Waals surface area contributed by atoms with E-state index in [1.807, 2.05) is 0 Å². The summed E-state index contributed by atoms with van der Waals surface area (Å²) in [4.78, 5) is 25.8. The minimum absolute atomic E-state index is 0.0801. The van der Waals surface area contributed by atoms with Crippen molar-refractivity contribution in [3.63, 3.8) is 0 Å². The molecule has 1 heterocycles. The van der Waals surface area contributed by atoms with Crippen LogP contribution in [-0.4, -0.2) is 31.8 Å². The zero-order chi connectivity index (χ0) is 18.0. The summed E-state index contributed by atoms with van der Waals surface area (Å²) in [7, 11) is 2.77. The molecule has 0 aromatic heterocycles. The highest BCUT2D eigenvalue weighted by Crippen LogP contribution is 2.45. The van der Waals surface area contributed by atoms with Crippen LogP contribution in [0.1, 0.15) is 21.3 Å². The molecule has 0 bridgehead atoms. The Hall–Kier alpha value is -2.54. The number of halogens is 1. The first-order valence-corrected chi connectivity index (χ1v) is 8.55. The molecular weight excluding hydrogens is 345 g/mol. The topological polar surface area (TPSA) is 55.8 Å². The number of hydrogen-bond acceptors (Lipinski definition) is 5. The Morgan fingerprint density at radius 1 is 1.20 bits per heavy atom. The molecule has 2 aromatic carbocycles. The number of rotatable bonds is 4. The van der Waals surface area contributed by atoms with Crippen LogP contribution in [0.5, 0.6) is 5.75 Å². The van der Waals surface area contributed by atoms with Crippen LogP contribution in [0.25, 0.3) is 0 Å². The fourth-order valence-electron chi connectivity index (χ4n) is 2.68. The van der Waals surface area contributed by atoms with Gasteiger partial charge in [-0.15, -0.1) is 11.8 Å². The number of thioether (sulfide) groups is 1. The molecule has 1 atom stereocenters. The SMILES string of the molecule is COC(=O)c1ccc(N2C(=O)CSC2c2ccc(F)cc2)c(OC)c1. The fraction of sp³-hybridized carbons (Fsp3) is 0.222. The van der Waals surface area contributed by atoms with Crippen molar-refractivity contribution in [1.82, 2.24) is 0 Å². The lowest BCUT2D eigenvalue weighted by atomic mass is 10.1. The van der Waals surface area contributed by atoms with Crippen LogP contribution in [0.4, 0.5) is 10.1 Å². The van der Waals surface area contributed by atoms with E-state index in [0.29, 0.717) is 22.8 Å². The number of nitrogens with zero attached hydrogens (tertiary/aromatic N) is 1. The van der Waals surface area contributed by atoms with Crippen molar-refractivity contribution in [2.75, 3.05) is 24.9 Å². The van der Waals surface area contributed by atoms with Crippen molar-refractivity contribution < 1.29 is 23.5 Å². The first-order chi connectivity index (χ1) is 12.0. The Balaban J connectivity index is 2.01. The van der Waals surface area contributed by atoms with Gasteiger partial charge < -0.3 is 9.47 Å². The van der Waals surface area contributed by atoms with E-state index in [9.17, 15) is 14.0 Å². The third kappa shape index (κ3) is 3.32. The second-order valence-electron chi connectivity index (χ2n) is 5.36. The van der Waals surface area contributed by atoms with Crippen LogP contribution in [0, 0.1) is 5.82 Å². The van der Waals surface area contributed by atoms with Gasteiger partial charge in [-0.3, -0.25) is 9.69 Å². The number of ether oxygens (including phenoxy) is 2. The third-order valence-corrected chi connectivity index (χ3v) is 5.10. The standard InChI is InChI=1S/C18H16FNO4S/c1-23-15-9-12(18(22)24-2)5-8-14(15)20-16(21)10-25-17(20)11-3-6-13(19)7-4-11/h3-9,17H,10H2,1-2H3. The highest BCUT2D eigenvalue weighted by atomic mass is 32.2. The van der Waals surface area contributed by atoms with E-state index in [2.05, 4.69) is 0 Å². The fourth-order valence-corrected chi connectivity index (χ4v) is 3.85. The first-order valence-electron chi connectivity index (χ1n) is 7.50. The zero-order valence-electron chi connectivity index (χ0n) is 13.7. The normalized spacial score (nSPS) is 16.8. The maximum absolute atomic E-state index is 13.2. The number of carbonyl (C=O) groups is 2. The molecule has 1 aliphatic heterocycles. The lowest BCUT2D eigenvalue weighted by Gasteiger charge is -2.26. The number of hydrogen-bond donors (Lipinski definition) is 0. The molecule has 1 fully saturated rings. The van der Waals surface area contributed by atoms with E-state index >= 15 is 0 Å². The average molecular weight is 361 g/mol. The molecule has 0 aliphatic carbocycles. The van der Waals surface area contributed by atoms with E-state index in [1.54, 1.807) is 35.2 Å². The maximum atomic E-state index is 13.2. The van der Waals surface area contributed by atoms with Crippen LogP contribution in [0.2, 0.25) is 0 Å². The molecule has 0 spiro atoms. The Bertz CT molecular complexity index is 809. The van der Waals surface area contributed by atoms with Crippen molar-refractivity contribution in [2.24, 2.45) is 0 Å². The molecule has 0 saturated carbocycles. The Kier molecular flexibility index (Phi) is 4.94. The number of amides is 1. The summed E-state index contributed by atoms with van der Waals surface area (Å²) in [6.07, 6.45) is 0. The summed E-state index contributed by atoms with van der Waals surface area (Å²) in [5.74, 6) is -0.190. The molecule has 1 saturated heterocycles. The molecule has 5 nitrogen and oxygen atoms in total. The predicted octanol–water partition coefficient (Wildman–Crippen LogP) is 3.40. The molecule has 1 aliphatic rings. The zero-order valence-corrected chi connectivity index (χ0v) is 14.5. The van der Waals surface area contributed by atoms with E-state index in [4.69, 9.17) is 9.47 Å². The van der Waals surface area contributed by atoms with Gasteiger partial charge in [0.05, 0.1) is 31.2 Å². The molecular formula is C18H16FNO4S. The summed E-state index contributed by atoms with van der Waals surface area (Å²) in [6.45, 7) is 0. The smallest absolute Gasteiger partial charge is 0.337 e. The van der Waals surface area contributed by atoms with Gasteiger partial charge in [-0.2, -0.15) is 0 Å². The van der Waals surface area contributed by atoms with Gasteiger partial charge in [0.25, 0.3) is 0 Å². The van der Waals surface area contributed by atoms with Gasteiger partial charge in [0.15, 0.2) is 0 Å². The summed E-state index contributed by atoms with van der Waals surface area (Å²) in [5, 5.41) is -0.286. The van der Waals surface area contributed by atoms with Gasteiger partial charge in [-0.1, -0.05) is 12.1 Å². The minimum Gasteiger partial charge on any atom is -0.495 e. The highest BCUT2D eigenvalue weighted by Gasteiger charge is 2.35. The van der Waals surface area contributed by atoms with E-state index < -0.39 is 5.97 Å². The molecule has 7 heteroatoms. The summed E-state index contributed by atoms with van der Waals surface area (Å²) in [6, 6.07) is 10.8. The summed E-state index contributed by atoms with van der Waals surface area (Å²) >= 11 is 1.45. The van der Waals surface area contributed by atoms with Crippen molar-refractivity contribution in [2.45, 2.75) is 5.37 Å². The summed E-state index contributed by atoms with van der Waals surface area (Å²) < 4.78 is 23.3. The summed E-state index contributed by atoms with van der Waals surface area (Å²) in [5.41, 5.74) is 1.71.